The Balaban J connectivity index is 1.79. The van der Waals surface area contributed by atoms with Gasteiger partial charge in [-0.3, -0.25) is 4.90 Å². The van der Waals surface area contributed by atoms with Gasteiger partial charge in [-0.05, 0) is 43.7 Å². The van der Waals surface area contributed by atoms with Crippen LogP contribution in [0.25, 0.3) is 0 Å². The van der Waals surface area contributed by atoms with Gasteiger partial charge < -0.3 is 19.3 Å². The van der Waals surface area contributed by atoms with E-state index < -0.39 is 0 Å². The van der Waals surface area contributed by atoms with Crippen molar-refractivity contribution in [3.63, 3.8) is 0 Å². The lowest BCUT2D eigenvalue weighted by Crippen LogP contribution is -2.23. The van der Waals surface area contributed by atoms with Gasteiger partial charge in [0.2, 0.25) is 0 Å². The van der Waals surface area contributed by atoms with Gasteiger partial charge in [0.15, 0.2) is 0 Å². The summed E-state index contributed by atoms with van der Waals surface area (Å²) in [4.78, 5) is 2.44. The lowest BCUT2D eigenvalue weighted by atomic mass is 10.1. The molecule has 0 aliphatic carbocycles. The van der Waals surface area contributed by atoms with Gasteiger partial charge in [0.1, 0.15) is 23.9 Å². The molecule has 6 heteroatoms. The first-order valence-corrected chi connectivity index (χ1v) is 10.7. The van der Waals surface area contributed by atoms with Crippen LogP contribution in [0.2, 0.25) is 0 Å². The first-order valence-electron chi connectivity index (χ1n) is 9.64. The molecule has 1 aliphatic rings. The quantitative estimate of drug-likeness (QED) is 0.680. The second kappa shape index (κ2) is 10.0. The van der Waals surface area contributed by atoms with Crippen molar-refractivity contribution in [2.75, 3.05) is 32.6 Å². The molecule has 0 spiro atoms. The number of benzene rings is 2. The fraction of sp³-hybridized carbons (Fsp3) is 0.455. The summed E-state index contributed by atoms with van der Waals surface area (Å²) in [6, 6.07) is 14.2. The van der Waals surface area contributed by atoms with Gasteiger partial charge in [0, 0.05) is 18.8 Å². The van der Waals surface area contributed by atoms with Crippen LogP contribution in [-0.4, -0.2) is 48.7 Å². The van der Waals surface area contributed by atoms with Gasteiger partial charge in [0.05, 0.1) is 30.8 Å². The van der Waals surface area contributed by atoms with Crippen molar-refractivity contribution in [3.05, 3.63) is 53.6 Å². The lowest BCUT2D eigenvalue weighted by Gasteiger charge is -2.27. The molecule has 5 nitrogen and oxygen atoms in total. The Hall–Kier alpha value is -1.89. The van der Waals surface area contributed by atoms with Crippen LogP contribution in [0.4, 0.5) is 0 Å². The van der Waals surface area contributed by atoms with Crippen molar-refractivity contribution in [2.45, 2.75) is 31.9 Å². The maximum atomic E-state index is 9.15. The third-order valence-corrected chi connectivity index (χ3v) is 5.78. The monoisotopic (exact) mass is 403 g/mol. The maximum Gasteiger partial charge on any atom is 0.128 e. The molecule has 1 unspecified atom stereocenters. The molecule has 1 N–H and O–H groups in total. The molecule has 2 aromatic carbocycles. The van der Waals surface area contributed by atoms with Crippen molar-refractivity contribution in [1.82, 2.24) is 4.90 Å². The molecule has 28 heavy (non-hydrogen) atoms. The molecule has 0 radical (unpaired) electrons. The summed E-state index contributed by atoms with van der Waals surface area (Å²) in [5, 5.41) is 9.30. The van der Waals surface area contributed by atoms with Crippen LogP contribution in [0.5, 0.6) is 17.2 Å². The largest absolute Gasteiger partial charge is 0.496 e. The normalized spacial score (nSPS) is 17.1. The minimum absolute atomic E-state index is 0.0109. The maximum absolute atomic E-state index is 9.15. The summed E-state index contributed by atoms with van der Waals surface area (Å²) in [6.45, 7) is 6.17. The molecular formula is C22H29NO4S. The summed E-state index contributed by atoms with van der Waals surface area (Å²) >= 11 is 1.89. The van der Waals surface area contributed by atoms with Crippen LogP contribution in [0.1, 0.15) is 30.3 Å². The van der Waals surface area contributed by atoms with Gasteiger partial charge in [-0.1, -0.05) is 18.2 Å². The van der Waals surface area contributed by atoms with Crippen LogP contribution in [0.3, 0.4) is 0 Å². The summed E-state index contributed by atoms with van der Waals surface area (Å²) in [5.41, 5.74) is 2.29. The number of ether oxygens (including phenoxy) is 3. The number of rotatable bonds is 9. The highest BCUT2D eigenvalue weighted by atomic mass is 32.2. The van der Waals surface area contributed by atoms with Gasteiger partial charge >= 0.3 is 0 Å². The summed E-state index contributed by atoms with van der Waals surface area (Å²) in [7, 11) is 1.69. The van der Waals surface area contributed by atoms with E-state index in [4.69, 9.17) is 19.3 Å². The van der Waals surface area contributed by atoms with E-state index >= 15 is 0 Å². The molecule has 2 aromatic rings. The Bertz CT molecular complexity index is 751. The summed E-state index contributed by atoms with van der Waals surface area (Å²) in [6.07, 6.45) is 0.174. The number of hydrogen-bond acceptors (Lipinski definition) is 6. The molecule has 1 aliphatic heterocycles. The zero-order chi connectivity index (χ0) is 19.9. The van der Waals surface area contributed by atoms with Crippen LogP contribution in [0.15, 0.2) is 42.5 Å². The lowest BCUT2D eigenvalue weighted by molar-refractivity contribution is 0.196. The van der Waals surface area contributed by atoms with E-state index in [9.17, 15) is 0 Å². The number of aliphatic hydroxyl groups excluding tert-OH is 1. The number of methoxy groups -OCH3 is 1. The van der Waals surface area contributed by atoms with Gasteiger partial charge in [0.25, 0.3) is 0 Å². The van der Waals surface area contributed by atoms with E-state index in [0.717, 1.165) is 41.7 Å². The molecule has 3 rings (SSSR count). The minimum atomic E-state index is -0.0109. The molecular weight excluding hydrogens is 374 g/mol. The zero-order valence-corrected chi connectivity index (χ0v) is 17.6. The van der Waals surface area contributed by atoms with Gasteiger partial charge in [-0.2, -0.15) is 0 Å². The first kappa shape index (κ1) is 20.8. The fourth-order valence-corrected chi connectivity index (χ4v) is 4.69. The topological polar surface area (TPSA) is 51.2 Å². The van der Waals surface area contributed by atoms with E-state index in [2.05, 4.69) is 17.0 Å². The van der Waals surface area contributed by atoms with Crippen LogP contribution in [-0.2, 0) is 6.54 Å². The van der Waals surface area contributed by atoms with Crippen LogP contribution in [0, 0.1) is 0 Å². The summed E-state index contributed by atoms with van der Waals surface area (Å²) in [5.74, 6) is 3.55. The molecule has 1 heterocycles. The van der Waals surface area contributed by atoms with E-state index in [1.807, 2.05) is 55.9 Å². The number of hydrogen-bond donors (Lipinski definition) is 1. The van der Waals surface area contributed by atoms with E-state index in [0.29, 0.717) is 0 Å². The molecule has 152 valence electrons. The average molecular weight is 404 g/mol. The SMILES string of the molecule is COc1cccc(OCCO)c1C1SCCN1Cc1ccc(OC(C)C)cc1. The number of aliphatic hydroxyl groups is 1. The molecule has 0 aromatic heterocycles. The Labute approximate surface area is 171 Å². The van der Waals surface area contributed by atoms with Gasteiger partial charge in [-0.25, -0.2) is 0 Å². The highest BCUT2D eigenvalue weighted by molar-refractivity contribution is 7.99. The van der Waals surface area contributed by atoms with Crippen LogP contribution < -0.4 is 14.2 Å². The van der Waals surface area contributed by atoms with E-state index in [-0.39, 0.29) is 24.7 Å². The highest BCUT2D eigenvalue weighted by Gasteiger charge is 2.31. The third kappa shape index (κ3) is 5.13. The predicted molar refractivity (Wildman–Crippen MR) is 113 cm³/mol. The standard InChI is InChI=1S/C22H29NO4S/c1-16(2)27-18-9-7-17(8-10-18)15-23-11-14-28-22(23)21-19(25-3)5-4-6-20(21)26-13-12-24/h4-10,16,22,24H,11-15H2,1-3H3. The Morgan fingerprint density at radius 2 is 1.89 bits per heavy atom. The van der Waals surface area contributed by atoms with Gasteiger partial charge in [-0.15, -0.1) is 11.8 Å². The predicted octanol–water partition coefficient (Wildman–Crippen LogP) is 4.10. The average Bonchev–Trinajstić information content (AvgIpc) is 3.14. The number of thioether (sulfide) groups is 1. The first-order chi connectivity index (χ1) is 13.6. The van der Waals surface area contributed by atoms with Crippen molar-refractivity contribution in [3.8, 4) is 17.2 Å². The highest BCUT2D eigenvalue weighted by Crippen LogP contribution is 2.46. The second-order valence-electron chi connectivity index (χ2n) is 6.95. The molecule has 0 saturated carbocycles. The summed E-state index contributed by atoms with van der Waals surface area (Å²) < 4.78 is 17.2. The number of nitrogens with zero attached hydrogens (tertiary/aromatic N) is 1. The van der Waals surface area contributed by atoms with E-state index in [1.165, 1.54) is 5.56 Å². The fourth-order valence-electron chi connectivity index (χ4n) is 3.34. The Kier molecular flexibility index (Phi) is 7.48. The van der Waals surface area contributed by atoms with Crippen LogP contribution >= 0.6 is 11.8 Å². The van der Waals surface area contributed by atoms with Crippen molar-refractivity contribution >= 4 is 11.8 Å². The van der Waals surface area contributed by atoms with E-state index in [1.54, 1.807) is 7.11 Å². The molecule has 1 fully saturated rings. The second-order valence-corrected chi connectivity index (χ2v) is 8.14. The van der Waals surface area contributed by atoms with Crippen molar-refractivity contribution < 1.29 is 19.3 Å². The third-order valence-electron chi connectivity index (χ3n) is 4.51. The smallest absolute Gasteiger partial charge is 0.128 e. The molecule has 1 atom stereocenters. The molecule has 0 amide bonds. The Morgan fingerprint density at radius 3 is 2.57 bits per heavy atom. The van der Waals surface area contributed by atoms with Crippen molar-refractivity contribution in [1.29, 1.82) is 0 Å². The zero-order valence-electron chi connectivity index (χ0n) is 16.8. The molecule has 0 bridgehead atoms. The minimum Gasteiger partial charge on any atom is -0.496 e. The Morgan fingerprint density at radius 1 is 1.14 bits per heavy atom. The molecule has 1 saturated heterocycles. The van der Waals surface area contributed by atoms with Crippen molar-refractivity contribution in [2.24, 2.45) is 0 Å².